The van der Waals surface area contributed by atoms with E-state index in [4.69, 9.17) is 4.74 Å². The summed E-state index contributed by atoms with van der Waals surface area (Å²) in [6.07, 6.45) is 0. The molecule has 2 aromatic rings. The van der Waals surface area contributed by atoms with Crippen LogP contribution < -0.4 is 4.87 Å². The molecular formula is C12H10BrNO3S. The van der Waals surface area contributed by atoms with Crippen molar-refractivity contribution in [3.63, 3.8) is 0 Å². The lowest BCUT2D eigenvalue weighted by Crippen LogP contribution is -2.03. The van der Waals surface area contributed by atoms with Gasteiger partial charge in [-0.3, -0.25) is 4.79 Å². The lowest BCUT2D eigenvalue weighted by molar-refractivity contribution is 0.0532. The zero-order valence-electron chi connectivity index (χ0n) is 9.53. The zero-order chi connectivity index (χ0) is 13.1. The summed E-state index contributed by atoms with van der Waals surface area (Å²) >= 11 is 4.22. The van der Waals surface area contributed by atoms with Crippen molar-refractivity contribution < 1.29 is 9.53 Å². The summed E-state index contributed by atoms with van der Waals surface area (Å²) in [5.41, 5.74) is 1.27. The Morgan fingerprint density at radius 3 is 2.94 bits per heavy atom. The zero-order valence-corrected chi connectivity index (χ0v) is 11.9. The maximum Gasteiger partial charge on any atom is 0.350 e. The normalized spacial score (nSPS) is 10.3. The minimum atomic E-state index is -0.476. The molecule has 0 bridgehead atoms. The van der Waals surface area contributed by atoms with E-state index in [1.165, 1.54) is 0 Å². The van der Waals surface area contributed by atoms with Gasteiger partial charge in [-0.2, -0.15) is 0 Å². The Hall–Kier alpha value is -1.40. The van der Waals surface area contributed by atoms with Crippen molar-refractivity contribution in [1.29, 1.82) is 0 Å². The number of H-pyrrole nitrogens is 1. The van der Waals surface area contributed by atoms with E-state index in [0.29, 0.717) is 10.6 Å². The average molecular weight is 328 g/mol. The van der Waals surface area contributed by atoms with Crippen molar-refractivity contribution in [2.24, 2.45) is 0 Å². The van der Waals surface area contributed by atoms with Crippen LogP contribution in [0.3, 0.4) is 0 Å². The molecule has 0 saturated heterocycles. The molecule has 0 unspecified atom stereocenters. The number of halogens is 1. The molecular weight excluding hydrogens is 318 g/mol. The van der Waals surface area contributed by atoms with E-state index in [1.54, 1.807) is 6.92 Å². The molecule has 0 aliphatic rings. The van der Waals surface area contributed by atoms with Crippen LogP contribution in [0.25, 0.3) is 11.3 Å². The Balaban J connectivity index is 2.51. The Morgan fingerprint density at radius 1 is 1.50 bits per heavy atom. The van der Waals surface area contributed by atoms with Gasteiger partial charge in [0.1, 0.15) is 4.88 Å². The fraction of sp³-hybridized carbons (Fsp3) is 0.167. The van der Waals surface area contributed by atoms with Crippen LogP contribution in [0.5, 0.6) is 0 Å². The second-order valence-electron chi connectivity index (χ2n) is 3.45. The quantitative estimate of drug-likeness (QED) is 0.881. The van der Waals surface area contributed by atoms with Gasteiger partial charge in [-0.15, -0.1) is 0 Å². The second kappa shape index (κ2) is 5.49. The molecule has 4 nitrogen and oxygen atoms in total. The molecule has 0 saturated carbocycles. The van der Waals surface area contributed by atoms with Gasteiger partial charge in [-0.05, 0) is 19.1 Å². The number of esters is 1. The maximum absolute atomic E-state index is 11.8. The number of carbonyl (C=O) groups excluding carboxylic acids is 1. The van der Waals surface area contributed by atoms with E-state index in [9.17, 15) is 9.59 Å². The molecule has 1 aromatic heterocycles. The number of hydrogen-bond acceptors (Lipinski definition) is 4. The number of benzene rings is 1. The van der Waals surface area contributed by atoms with E-state index in [2.05, 4.69) is 20.9 Å². The molecule has 1 N–H and O–H groups in total. The molecule has 0 radical (unpaired) electrons. The van der Waals surface area contributed by atoms with E-state index < -0.39 is 5.97 Å². The monoisotopic (exact) mass is 327 g/mol. The number of thiazole rings is 1. The fourth-order valence-corrected chi connectivity index (χ4v) is 2.67. The summed E-state index contributed by atoms with van der Waals surface area (Å²) in [6, 6.07) is 7.37. The summed E-state index contributed by atoms with van der Waals surface area (Å²) in [4.78, 5) is 25.9. The Labute approximate surface area is 116 Å². The van der Waals surface area contributed by atoms with Gasteiger partial charge in [-0.1, -0.05) is 39.4 Å². The van der Waals surface area contributed by atoms with Crippen LogP contribution in [0, 0.1) is 0 Å². The van der Waals surface area contributed by atoms with E-state index in [0.717, 1.165) is 21.4 Å². The third-order valence-corrected chi connectivity index (χ3v) is 3.58. The molecule has 0 aliphatic carbocycles. The number of aromatic amines is 1. The fourth-order valence-electron chi connectivity index (χ4n) is 1.52. The molecule has 6 heteroatoms. The first-order chi connectivity index (χ1) is 8.61. The van der Waals surface area contributed by atoms with Crippen LogP contribution in [-0.2, 0) is 4.74 Å². The Bertz CT molecular complexity index is 632. The van der Waals surface area contributed by atoms with Crippen LogP contribution in [-0.4, -0.2) is 17.6 Å². The third kappa shape index (κ3) is 2.70. The van der Waals surface area contributed by atoms with Crippen LogP contribution in [0.4, 0.5) is 0 Å². The van der Waals surface area contributed by atoms with Crippen molar-refractivity contribution in [3.8, 4) is 11.3 Å². The topological polar surface area (TPSA) is 59.2 Å². The predicted octanol–water partition coefficient (Wildman–Crippen LogP) is 3.04. The largest absolute Gasteiger partial charge is 0.462 e. The molecule has 0 amide bonds. The van der Waals surface area contributed by atoms with Gasteiger partial charge < -0.3 is 9.72 Å². The van der Waals surface area contributed by atoms with Crippen molar-refractivity contribution >= 4 is 33.2 Å². The maximum atomic E-state index is 11.8. The Kier molecular flexibility index (Phi) is 3.98. The van der Waals surface area contributed by atoms with Crippen LogP contribution in [0.15, 0.2) is 33.5 Å². The number of hydrogen-bond donors (Lipinski definition) is 1. The van der Waals surface area contributed by atoms with Gasteiger partial charge in [0.25, 0.3) is 0 Å². The van der Waals surface area contributed by atoms with Gasteiger partial charge in [0.2, 0.25) is 0 Å². The third-order valence-electron chi connectivity index (χ3n) is 2.22. The summed E-state index contributed by atoms with van der Waals surface area (Å²) in [7, 11) is 0. The summed E-state index contributed by atoms with van der Waals surface area (Å²) in [5.74, 6) is -0.476. The number of aromatic nitrogens is 1. The number of rotatable bonds is 3. The molecule has 0 spiro atoms. The minimum Gasteiger partial charge on any atom is -0.462 e. The van der Waals surface area contributed by atoms with Crippen LogP contribution >= 0.6 is 27.3 Å². The van der Waals surface area contributed by atoms with Crippen molar-refractivity contribution in [2.45, 2.75) is 6.92 Å². The van der Waals surface area contributed by atoms with Gasteiger partial charge >= 0.3 is 10.8 Å². The SMILES string of the molecule is CCOC(=O)c1sc(=O)[nH]c1-c1cccc(Br)c1. The highest BCUT2D eigenvalue weighted by molar-refractivity contribution is 9.10. The summed E-state index contributed by atoms with van der Waals surface area (Å²) in [6.45, 7) is 2.01. The highest BCUT2D eigenvalue weighted by Crippen LogP contribution is 2.26. The van der Waals surface area contributed by atoms with Gasteiger partial charge in [0, 0.05) is 10.0 Å². The van der Waals surface area contributed by atoms with Crippen molar-refractivity contribution in [2.75, 3.05) is 6.61 Å². The highest BCUT2D eigenvalue weighted by Gasteiger charge is 2.18. The number of nitrogens with one attached hydrogen (secondary N) is 1. The average Bonchev–Trinajstić information content (AvgIpc) is 2.72. The van der Waals surface area contributed by atoms with Crippen molar-refractivity contribution in [1.82, 2.24) is 4.98 Å². The Morgan fingerprint density at radius 2 is 2.28 bits per heavy atom. The molecule has 1 heterocycles. The first-order valence-corrected chi connectivity index (χ1v) is 6.89. The first kappa shape index (κ1) is 13.0. The van der Waals surface area contributed by atoms with Crippen LogP contribution in [0.1, 0.15) is 16.6 Å². The number of carbonyl (C=O) groups is 1. The standard InChI is InChI=1S/C12H10BrNO3S/c1-2-17-11(15)10-9(14-12(16)18-10)7-4-3-5-8(13)6-7/h3-6H,2H2,1H3,(H,14,16). The van der Waals surface area contributed by atoms with Crippen LogP contribution in [0.2, 0.25) is 0 Å². The van der Waals surface area contributed by atoms with Crippen molar-refractivity contribution in [3.05, 3.63) is 43.3 Å². The molecule has 0 fully saturated rings. The van der Waals surface area contributed by atoms with E-state index >= 15 is 0 Å². The molecule has 0 atom stereocenters. The molecule has 1 aromatic carbocycles. The first-order valence-electron chi connectivity index (χ1n) is 5.28. The molecule has 94 valence electrons. The minimum absolute atomic E-state index is 0.270. The molecule has 2 rings (SSSR count). The predicted molar refractivity (Wildman–Crippen MR) is 74.0 cm³/mol. The summed E-state index contributed by atoms with van der Waals surface area (Å²) in [5, 5.41) is 0. The smallest absolute Gasteiger partial charge is 0.350 e. The van der Waals surface area contributed by atoms with Gasteiger partial charge in [0.05, 0.1) is 12.3 Å². The lowest BCUT2D eigenvalue weighted by atomic mass is 10.1. The van der Waals surface area contributed by atoms with Gasteiger partial charge in [0.15, 0.2) is 0 Å². The molecule has 0 aliphatic heterocycles. The summed E-state index contributed by atoms with van der Waals surface area (Å²) < 4.78 is 5.81. The number of ether oxygens (including phenoxy) is 1. The van der Waals surface area contributed by atoms with E-state index in [1.807, 2.05) is 24.3 Å². The second-order valence-corrected chi connectivity index (χ2v) is 5.35. The lowest BCUT2D eigenvalue weighted by Gasteiger charge is -2.03. The highest BCUT2D eigenvalue weighted by atomic mass is 79.9. The van der Waals surface area contributed by atoms with E-state index in [-0.39, 0.29) is 11.5 Å². The molecule has 18 heavy (non-hydrogen) atoms. The van der Waals surface area contributed by atoms with Gasteiger partial charge in [-0.25, -0.2) is 4.79 Å².